The van der Waals surface area contributed by atoms with Gasteiger partial charge >= 0.3 is 0 Å². The van der Waals surface area contributed by atoms with Crippen LogP contribution in [0.3, 0.4) is 0 Å². The number of nitrogens with one attached hydrogen (secondary N) is 1. The molecule has 4 saturated carbocycles. The molecule has 9 atom stereocenters. The fraction of sp³-hybridized carbons (Fsp3) is 0.933. The molecule has 0 aromatic carbocycles. The van der Waals surface area contributed by atoms with Crippen molar-refractivity contribution in [3.63, 3.8) is 0 Å². The summed E-state index contributed by atoms with van der Waals surface area (Å²) < 4.78 is 0. The molecular weight excluding hydrogens is 390 g/mol. The molecule has 2 nitrogen and oxygen atoms in total. The van der Waals surface area contributed by atoms with Gasteiger partial charge < -0.3 is 10.4 Å². The molecule has 5 aliphatic rings. The number of hydrogen-bond donors (Lipinski definition) is 2. The van der Waals surface area contributed by atoms with Crippen LogP contribution in [0, 0.1) is 51.2 Å². The average Bonchev–Trinajstić information content (AvgIpc) is 3.07. The van der Waals surface area contributed by atoms with Gasteiger partial charge in [-0.2, -0.15) is 0 Å². The van der Waals surface area contributed by atoms with Gasteiger partial charge in [-0.05, 0) is 143 Å². The van der Waals surface area contributed by atoms with Gasteiger partial charge in [-0.15, -0.1) is 0 Å². The number of fused-ring (bicyclic) bond motifs is 7. The summed E-state index contributed by atoms with van der Waals surface area (Å²) in [6, 6.07) is 0. The van der Waals surface area contributed by atoms with Crippen molar-refractivity contribution in [2.45, 2.75) is 111 Å². The minimum atomic E-state index is 0.173. The quantitative estimate of drug-likeness (QED) is 0.453. The highest BCUT2D eigenvalue weighted by atomic mass is 16.3. The molecule has 2 heteroatoms. The lowest BCUT2D eigenvalue weighted by Crippen LogP contribution is -2.66. The Morgan fingerprint density at radius 3 is 2.31 bits per heavy atom. The van der Waals surface area contributed by atoms with Gasteiger partial charge in [0, 0.05) is 12.1 Å². The number of aliphatic hydroxyl groups excluding tert-OH is 1. The second-order valence-electron chi connectivity index (χ2n) is 14.5. The molecule has 32 heavy (non-hydrogen) atoms. The van der Waals surface area contributed by atoms with Gasteiger partial charge in [0.1, 0.15) is 0 Å². The van der Waals surface area contributed by atoms with Crippen LogP contribution in [0.5, 0.6) is 0 Å². The molecule has 0 aromatic rings. The summed E-state index contributed by atoms with van der Waals surface area (Å²) in [7, 11) is 0. The van der Waals surface area contributed by atoms with Gasteiger partial charge in [-0.3, -0.25) is 0 Å². The third kappa shape index (κ3) is 2.84. The average molecular weight is 442 g/mol. The van der Waals surface area contributed by atoms with E-state index in [9.17, 15) is 5.11 Å². The zero-order chi connectivity index (χ0) is 23.2. The standard InChI is InChI=1S/C30H51NO/c1-20(2)21-11-15-30(19-32)17-16-28(6)22(25(21)30)9-10-24-27(5)13-8-18-31-26(3,4)23(27)12-14-29(24,28)7/h21-25,31-32H,1,8-19H2,2-7H3/t21-,22+,23-,24+,25+,27-,28+,29+,30+/m0/s1. The van der Waals surface area contributed by atoms with Crippen LogP contribution in [-0.4, -0.2) is 23.8 Å². The number of rotatable bonds is 2. The van der Waals surface area contributed by atoms with Crippen LogP contribution in [-0.2, 0) is 0 Å². The molecule has 0 radical (unpaired) electrons. The summed E-state index contributed by atoms with van der Waals surface area (Å²) in [5.74, 6) is 3.65. The summed E-state index contributed by atoms with van der Waals surface area (Å²) in [6.07, 6.45) is 13.3. The van der Waals surface area contributed by atoms with Crippen LogP contribution in [0.4, 0.5) is 0 Å². The number of allylic oxidation sites excluding steroid dienone is 1. The largest absolute Gasteiger partial charge is 0.396 e. The Kier molecular flexibility index (Phi) is 5.36. The van der Waals surface area contributed by atoms with Crippen LogP contribution in [0.15, 0.2) is 12.2 Å². The summed E-state index contributed by atoms with van der Waals surface area (Å²) >= 11 is 0. The van der Waals surface area contributed by atoms with Crippen LogP contribution < -0.4 is 5.32 Å². The maximum absolute atomic E-state index is 10.7. The SMILES string of the molecule is C=C(C)[C@@H]1CC[C@]2(CO)CC[C@]3(C)[C@H](CC[C@@H]4[C@@]5(C)CCCNC(C)(C)[C@@H]5CC[C@]43C)[C@@H]12. The van der Waals surface area contributed by atoms with Gasteiger partial charge in [-0.25, -0.2) is 0 Å². The van der Waals surface area contributed by atoms with Crippen molar-refractivity contribution in [1.29, 1.82) is 0 Å². The molecule has 1 heterocycles. The van der Waals surface area contributed by atoms with Crippen molar-refractivity contribution in [3.8, 4) is 0 Å². The van der Waals surface area contributed by atoms with Crippen molar-refractivity contribution < 1.29 is 5.11 Å². The first kappa shape index (κ1) is 23.4. The second-order valence-corrected chi connectivity index (χ2v) is 14.5. The molecule has 0 amide bonds. The van der Waals surface area contributed by atoms with Gasteiger partial charge in [0.2, 0.25) is 0 Å². The predicted octanol–water partition coefficient (Wildman–Crippen LogP) is 6.98. The van der Waals surface area contributed by atoms with Crippen molar-refractivity contribution in [2.75, 3.05) is 13.2 Å². The van der Waals surface area contributed by atoms with Crippen molar-refractivity contribution >= 4 is 0 Å². The highest BCUT2D eigenvalue weighted by Crippen LogP contribution is 2.76. The Morgan fingerprint density at radius 1 is 0.875 bits per heavy atom. The smallest absolute Gasteiger partial charge is 0.0490 e. The molecule has 1 aliphatic heterocycles. The van der Waals surface area contributed by atoms with Gasteiger partial charge in [0.15, 0.2) is 0 Å². The Bertz CT molecular complexity index is 773. The number of aliphatic hydroxyl groups is 1. The highest BCUT2D eigenvalue weighted by molar-refractivity contribution is 5.21. The minimum Gasteiger partial charge on any atom is -0.396 e. The summed E-state index contributed by atoms with van der Waals surface area (Å²) in [6.45, 7) is 21.4. The van der Waals surface area contributed by atoms with Crippen LogP contribution in [0.1, 0.15) is 106 Å². The zero-order valence-corrected chi connectivity index (χ0v) is 22.0. The summed E-state index contributed by atoms with van der Waals surface area (Å²) in [5, 5.41) is 14.6. The zero-order valence-electron chi connectivity index (χ0n) is 22.0. The fourth-order valence-corrected chi connectivity index (χ4v) is 11.5. The Labute approximate surface area is 198 Å². The van der Waals surface area contributed by atoms with E-state index in [4.69, 9.17) is 0 Å². The normalized spacial score (nSPS) is 54.5. The molecule has 0 aromatic heterocycles. The molecule has 5 fully saturated rings. The monoisotopic (exact) mass is 441 g/mol. The lowest BCUT2D eigenvalue weighted by molar-refractivity contribution is -0.226. The predicted molar refractivity (Wildman–Crippen MR) is 134 cm³/mol. The van der Waals surface area contributed by atoms with Crippen molar-refractivity contribution in [3.05, 3.63) is 12.2 Å². The van der Waals surface area contributed by atoms with Crippen LogP contribution >= 0.6 is 0 Å². The van der Waals surface area contributed by atoms with E-state index < -0.39 is 0 Å². The van der Waals surface area contributed by atoms with E-state index >= 15 is 0 Å². The molecule has 182 valence electrons. The van der Waals surface area contributed by atoms with E-state index in [-0.39, 0.29) is 11.0 Å². The maximum Gasteiger partial charge on any atom is 0.0490 e. The highest BCUT2D eigenvalue weighted by Gasteiger charge is 2.69. The lowest BCUT2D eigenvalue weighted by atomic mass is 9.33. The van der Waals surface area contributed by atoms with E-state index in [0.29, 0.717) is 34.7 Å². The number of hydrogen-bond acceptors (Lipinski definition) is 2. The molecule has 5 rings (SSSR count). The van der Waals surface area contributed by atoms with Crippen molar-refractivity contribution in [2.24, 2.45) is 51.2 Å². The minimum absolute atomic E-state index is 0.173. The maximum atomic E-state index is 10.7. The van der Waals surface area contributed by atoms with E-state index in [1.54, 1.807) is 0 Å². The van der Waals surface area contributed by atoms with E-state index in [1.807, 2.05) is 0 Å². The molecule has 0 spiro atoms. The molecule has 0 bridgehead atoms. The van der Waals surface area contributed by atoms with Gasteiger partial charge in [0.05, 0.1) is 0 Å². The van der Waals surface area contributed by atoms with Gasteiger partial charge in [0.25, 0.3) is 0 Å². The first-order chi connectivity index (χ1) is 15.0. The summed E-state index contributed by atoms with van der Waals surface area (Å²) in [5.41, 5.74) is 3.07. The lowest BCUT2D eigenvalue weighted by Gasteiger charge is -2.71. The topological polar surface area (TPSA) is 32.3 Å². The van der Waals surface area contributed by atoms with E-state index in [2.05, 4.69) is 53.4 Å². The van der Waals surface area contributed by atoms with Crippen LogP contribution in [0.2, 0.25) is 0 Å². The molecule has 1 saturated heterocycles. The Hall–Kier alpha value is -0.340. The fourth-order valence-electron chi connectivity index (χ4n) is 11.5. The second kappa shape index (κ2) is 7.33. The van der Waals surface area contributed by atoms with E-state index in [0.717, 1.165) is 17.8 Å². The first-order valence-electron chi connectivity index (χ1n) is 14.0. The molecule has 4 aliphatic carbocycles. The van der Waals surface area contributed by atoms with Gasteiger partial charge in [-0.1, -0.05) is 32.9 Å². The van der Waals surface area contributed by atoms with E-state index in [1.165, 1.54) is 76.3 Å². The molecule has 0 unspecified atom stereocenters. The van der Waals surface area contributed by atoms with Crippen LogP contribution in [0.25, 0.3) is 0 Å². The molecular formula is C30H51NO. The molecule has 2 N–H and O–H groups in total. The first-order valence-corrected chi connectivity index (χ1v) is 14.0. The van der Waals surface area contributed by atoms with Crippen molar-refractivity contribution in [1.82, 2.24) is 5.32 Å². The third-order valence-electron chi connectivity index (χ3n) is 13.2. The third-order valence-corrected chi connectivity index (χ3v) is 13.2. The Morgan fingerprint density at radius 2 is 1.62 bits per heavy atom. The Balaban J connectivity index is 1.56. The summed E-state index contributed by atoms with van der Waals surface area (Å²) in [4.78, 5) is 0.